The van der Waals surface area contributed by atoms with E-state index in [0.29, 0.717) is 35.3 Å². The summed E-state index contributed by atoms with van der Waals surface area (Å²) in [6, 6.07) is 5.18. The van der Waals surface area contributed by atoms with E-state index in [4.69, 9.17) is 27.9 Å². The molecule has 0 spiro atoms. The monoisotopic (exact) mass is 343 g/mol. The normalized spacial score (nSPS) is 18.1. The van der Waals surface area contributed by atoms with Crippen molar-refractivity contribution >= 4 is 35.1 Å². The minimum atomic E-state index is -0.237. The highest BCUT2D eigenvalue weighted by Gasteiger charge is 2.29. The number of halogens is 2. The molecule has 1 aliphatic rings. The highest BCUT2D eigenvalue weighted by atomic mass is 35.5. The molecule has 22 heavy (non-hydrogen) atoms. The molecule has 0 bridgehead atoms. The standard InChI is InChI=1S/C16H19Cl2NO3/c1-2-22-16(21)11-5-4-8-19(10-11)15(20)9-12-13(17)6-3-7-14(12)18/h3,6-7,11H,2,4-5,8-10H2,1H3/t11-/m0/s1. The Morgan fingerprint density at radius 2 is 2.00 bits per heavy atom. The van der Waals surface area contributed by atoms with Crippen molar-refractivity contribution in [3.63, 3.8) is 0 Å². The van der Waals surface area contributed by atoms with Gasteiger partial charge in [0.25, 0.3) is 0 Å². The van der Waals surface area contributed by atoms with Gasteiger partial charge >= 0.3 is 5.97 Å². The van der Waals surface area contributed by atoms with Crippen molar-refractivity contribution in [1.29, 1.82) is 0 Å². The molecule has 4 nitrogen and oxygen atoms in total. The molecule has 2 rings (SSSR count). The summed E-state index contributed by atoms with van der Waals surface area (Å²) >= 11 is 12.2. The highest BCUT2D eigenvalue weighted by Crippen LogP contribution is 2.26. The number of rotatable bonds is 4. The van der Waals surface area contributed by atoms with E-state index in [1.807, 2.05) is 0 Å². The molecular formula is C16H19Cl2NO3. The molecule has 120 valence electrons. The van der Waals surface area contributed by atoms with E-state index >= 15 is 0 Å². The molecular weight excluding hydrogens is 325 g/mol. The number of hydrogen-bond acceptors (Lipinski definition) is 3. The average Bonchev–Trinajstić information content (AvgIpc) is 2.51. The van der Waals surface area contributed by atoms with Gasteiger partial charge in [-0.3, -0.25) is 9.59 Å². The Hall–Kier alpha value is -1.26. The summed E-state index contributed by atoms with van der Waals surface area (Å²) in [5, 5.41) is 0.972. The average molecular weight is 344 g/mol. The van der Waals surface area contributed by atoms with Gasteiger partial charge in [-0.05, 0) is 37.5 Å². The van der Waals surface area contributed by atoms with Crippen LogP contribution in [0.1, 0.15) is 25.3 Å². The van der Waals surface area contributed by atoms with Gasteiger partial charge in [0.15, 0.2) is 0 Å². The lowest BCUT2D eigenvalue weighted by Gasteiger charge is -2.31. The molecule has 1 saturated heterocycles. The summed E-state index contributed by atoms with van der Waals surface area (Å²) in [4.78, 5) is 26.0. The van der Waals surface area contributed by atoms with E-state index in [2.05, 4.69) is 0 Å². The maximum absolute atomic E-state index is 12.5. The van der Waals surface area contributed by atoms with Crippen LogP contribution in [0.25, 0.3) is 0 Å². The van der Waals surface area contributed by atoms with Gasteiger partial charge in [-0.2, -0.15) is 0 Å². The van der Waals surface area contributed by atoms with Crippen molar-refractivity contribution in [3.8, 4) is 0 Å². The van der Waals surface area contributed by atoms with Crippen molar-refractivity contribution in [2.75, 3.05) is 19.7 Å². The minimum absolute atomic E-state index is 0.0657. The lowest BCUT2D eigenvalue weighted by atomic mass is 9.97. The fourth-order valence-corrected chi connectivity index (χ4v) is 3.15. The summed E-state index contributed by atoms with van der Waals surface area (Å²) in [5.41, 5.74) is 0.633. The van der Waals surface area contributed by atoms with E-state index < -0.39 is 0 Å². The lowest BCUT2D eigenvalue weighted by molar-refractivity contribution is -0.151. The number of nitrogens with zero attached hydrogens (tertiary/aromatic N) is 1. The number of hydrogen-bond donors (Lipinski definition) is 0. The lowest BCUT2D eigenvalue weighted by Crippen LogP contribution is -2.43. The molecule has 0 saturated carbocycles. The van der Waals surface area contributed by atoms with Crippen LogP contribution < -0.4 is 0 Å². The summed E-state index contributed by atoms with van der Waals surface area (Å²) < 4.78 is 5.05. The van der Waals surface area contributed by atoms with Gasteiger partial charge in [0.1, 0.15) is 0 Å². The largest absolute Gasteiger partial charge is 0.466 e. The van der Waals surface area contributed by atoms with Crippen LogP contribution in [-0.4, -0.2) is 36.5 Å². The molecule has 1 aliphatic heterocycles. The predicted octanol–water partition coefficient (Wildman–Crippen LogP) is 3.34. The van der Waals surface area contributed by atoms with Gasteiger partial charge in [0.05, 0.1) is 18.9 Å². The molecule has 1 amide bonds. The fourth-order valence-electron chi connectivity index (χ4n) is 2.62. The van der Waals surface area contributed by atoms with Crippen LogP contribution in [0.4, 0.5) is 0 Å². The number of likely N-dealkylation sites (tertiary alicyclic amines) is 1. The van der Waals surface area contributed by atoms with Gasteiger partial charge in [-0.15, -0.1) is 0 Å². The number of piperidine rings is 1. The molecule has 1 aromatic carbocycles. The van der Waals surface area contributed by atoms with E-state index in [0.717, 1.165) is 12.8 Å². The van der Waals surface area contributed by atoms with Crippen LogP contribution in [0.3, 0.4) is 0 Å². The first kappa shape index (κ1) is 17.1. The van der Waals surface area contributed by atoms with E-state index in [9.17, 15) is 9.59 Å². The van der Waals surface area contributed by atoms with Gasteiger partial charge in [-0.25, -0.2) is 0 Å². The Morgan fingerprint density at radius 1 is 1.32 bits per heavy atom. The van der Waals surface area contributed by atoms with E-state index in [-0.39, 0.29) is 24.2 Å². The fraction of sp³-hybridized carbons (Fsp3) is 0.500. The zero-order valence-electron chi connectivity index (χ0n) is 12.5. The number of carbonyl (C=O) groups is 2. The SMILES string of the molecule is CCOC(=O)[C@H]1CCCN(C(=O)Cc2c(Cl)cccc2Cl)C1. The van der Waals surface area contributed by atoms with Crippen molar-refractivity contribution in [2.24, 2.45) is 5.92 Å². The van der Waals surface area contributed by atoms with Crippen LogP contribution in [0.5, 0.6) is 0 Å². The van der Waals surface area contributed by atoms with E-state index in [1.165, 1.54) is 0 Å². The van der Waals surface area contributed by atoms with E-state index in [1.54, 1.807) is 30.0 Å². The first-order valence-electron chi connectivity index (χ1n) is 7.40. The number of benzene rings is 1. The first-order chi connectivity index (χ1) is 10.5. The van der Waals surface area contributed by atoms with Crippen LogP contribution >= 0.6 is 23.2 Å². The molecule has 0 unspecified atom stereocenters. The Balaban J connectivity index is 2.02. The van der Waals surface area contributed by atoms with Crippen LogP contribution in [-0.2, 0) is 20.7 Å². The first-order valence-corrected chi connectivity index (χ1v) is 8.15. The van der Waals surface area contributed by atoms with Gasteiger partial charge in [-0.1, -0.05) is 29.3 Å². The van der Waals surface area contributed by atoms with Crippen LogP contribution in [0.15, 0.2) is 18.2 Å². The highest BCUT2D eigenvalue weighted by molar-refractivity contribution is 6.36. The zero-order chi connectivity index (χ0) is 16.1. The quantitative estimate of drug-likeness (QED) is 0.787. The number of carbonyl (C=O) groups excluding carboxylic acids is 2. The molecule has 1 heterocycles. The van der Waals surface area contributed by atoms with Crippen molar-refractivity contribution in [1.82, 2.24) is 4.90 Å². The summed E-state index contributed by atoms with van der Waals surface area (Å²) in [6.45, 7) is 3.19. The maximum atomic E-state index is 12.5. The second kappa shape index (κ2) is 7.84. The van der Waals surface area contributed by atoms with Crippen molar-refractivity contribution < 1.29 is 14.3 Å². The molecule has 0 N–H and O–H groups in total. The topological polar surface area (TPSA) is 46.6 Å². The Bertz CT molecular complexity index is 542. The molecule has 6 heteroatoms. The van der Waals surface area contributed by atoms with Crippen molar-refractivity contribution in [3.05, 3.63) is 33.8 Å². The Morgan fingerprint density at radius 3 is 2.64 bits per heavy atom. The molecule has 1 aromatic rings. The van der Waals surface area contributed by atoms with Crippen LogP contribution in [0.2, 0.25) is 10.0 Å². The summed E-state index contributed by atoms with van der Waals surface area (Å²) in [6.07, 6.45) is 1.70. The van der Waals surface area contributed by atoms with Gasteiger partial charge in [0.2, 0.25) is 5.91 Å². The van der Waals surface area contributed by atoms with Gasteiger partial charge in [0, 0.05) is 23.1 Å². The third-order valence-corrected chi connectivity index (χ3v) is 4.49. The molecule has 0 radical (unpaired) electrons. The predicted molar refractivity (Wildman–Crippen MR) is 86.1 cm³/mol. The van der Waals surface area contributed by atoms with Gasteiger partial charge < -0.3 is 9.64 Å². The Kier molecular flexibility index (Phi) is 6.09. The van der Waals surface area contributed by atoms with Crippen molar-refractivity contribution in [2.45, 2.75) is 26.2 Å². The Labute approximate surface area is 140 Å². The number of amides is 1. The smallest absolute Gasteiger partial charge is 0.310 e. The third kappa shape index (κ3) is 4.14. The molecule has 1 atom stereocenters. The second-order valence-corrected chi connectivity index (χ2v) is 6.12. The zero-order valence-corrected chi connectivity index (χ0v) is 14.0. The minimum Gasteiger partial charge on any atom is -0.466 e. The summed E-state index contributed by atoms with van der Waals surface area (Å²) in [7, 11) is 0. The second-order valence-electron chi connectivity index (χ2n) is 5.31. The third-order valence-electron chi connectivity index (χ3n) is 3.78. The van der Waals surface area contributed by atoms with Crippen LogP contribution in [0, 0.1) is 5.92 Å². The number of esters is 1. The molecule has 0 aromatic heterocycles. The summed E-state index contributed by atoms with van der Waals surface area (Å²) in [5.74, 6) is -0.529. The maximum Gasteiger partial charge on any atom is 0.310 e. The molecule has 0 aliphatic carbocycles. The molecule has 1 fully saturated rings. The number of ether oxygens (including phenoxy) is 1.